The first-order valence-corrected chi connectivity index (χ1v) is 8.50. The summed E-state index contributed by atoms with van der Waals surface area (Å²) in [5.41, 5.74) is 1.70. The van der Waals surface area contributed by atoms with Crippen molar-refractivity contribution in [2.45, 2.75) is 25.9 Å². The molecule has 1 amide bonds. The molecule has 6 nitrogen and oxygen atoms in total. The molecular weight excluding hydrogens is 353 g/mol. The lowest BCUT2D eigenvalue weighted by Gasteiger charge is -2.14. The van der Waals surface area contributed by atoms with Crippen molar-refractivity contribution in [1.29, 1.82) is 0 Å². The fraction of sp³-hybridized carbons (Fsp3) is 0.300. The summed E-state index contributed by atoms with van der Waals surface area (Å²) >= 11 is 0. The largest absolute Gasteiger partial charge is 0.497 e. The number of carboxylic acid groups (broad SMARTS) is 1. The van der Waals surface area contributed by atoms with Crippen LogP contribution in [0.2, 0.25) is 0 Å². The summed E-state index contributed by atoms with van der Waals surface area (Å²) < 4.78 is 24.1. The molecule has 0 heterocycles. The number of benzene rings is 2. The standard InChI is InChI=1S/C20H22FNO5/c1-26-17-7-4-15(10-11-22-19(23)8-9-20(24)25)18(12-17)27-13-14-2-5-16(21)6-3-14/h2-7,12H,8-11,13H2,1H3,(H,22,23)(H,24,25). The van der Waals surface area contributed by atoms with Gasteiger partial charge in [-0.25, -0.2) is 4.39 Å². The molecule has 0 aliphatic carbocycles. The van der Waals surface area contributed by atoms with Gasteiger partial charge in [0.2, 0.25) is 5.91 Å². The maximum Gasteiger partial charge on any atom is 0.303 e. The Balaban J connectivity index is 1.95. The van der Waals surface area contributed by atoms with Crippen molar-refractivity contribution in [2.75, 3.05) is 13.7 Å². The summed E-state index contributed by atoms with van der Waals surface area (Å²) in [7, 11) is 1.56. The van der Waals surface area contributed by atoms with Gasteiger partial charge >= 0.3 is 5.97 Å². The number of aliphatic carboxylic acids is 1. The highest BCUT2D eigenvalue weighted by atomic mass is 19.1. The van der Waals surface area contributed by atoms with Crippen LogP contribution >= 0.6 is 0 Å². The molecule has 0 atom stereocenters. The number of amides is 1. The molecule has 2 N–H and O–H groups in total. The molecule has 7 heteroatoms. The summed E-state index contributed by atoms with van der Waals surface area (Å²) in [5.74, 6) is -0.368. The van der Waals surface area contributed by atoms with Crippen molar-refractivity contribution in [3.8, 4) is 11.5 Å². The molecule has 2 rings (SSSR count). The van der Waals surface area contributed by atoms with Gasteiger partial charge < -0.3 is 19.9 Å². The topological polar surface area (TPSA) is 84.9 Å². The van der Waals surface area contributed by atoms with E-state index in [1.54, 1.807) is 31.4 Å². The molecule has 0 aromatic heterocycles. The zero-order valence-corrected chi connectivity index (χ0v) is 15.0. The van der Waals surface area contributed by atoms with E-state index in [2.05, 4.69) is 5.32 Å². The highest BCUT2D eigenvalue weighted by Gasteiger charge is 2.09. The lowest BCUT2D eigenvalue weighted by Crippen LogP contribution is -2.26. The highest BCUT2D eigenvalue weighted by Crippen LogP contribution is 2.26. The van der Waals surface area contributed by atoms with Gasteiger partial charge in [0, 0.05) is 19.0 Å². The number of carboxylic acids is 1. The lowest BCUT2D eigenvalue weighted by atomic mass is 10.1. The van der Waals surface area contributed by atoms with Crippen molar-refractivity contribution in [3.05, 3.63) is 59.4 Å². The van der Waals surface area contributed by atoms with E-state index in [0.717, 1.165) is 11.1 Å². The average molecular weight is 375 g/mol. The van der Waals surface area contributed by atoms with E-state index in [0.29, 0.717) is 24.5 Å². The first kappa shape index (κ1) is 20.2. The number of hydrogen-bond donors (Lipinski definition) is 2. The van der Waals surface area contributed by atoms with Gasteiger partial charge in [0.1, 0.15) is 23.9 Å². The van der Waals surface area contributed by atoms with Gasteiger partial charge in [-0.15, -0.1) is 0 Å². The number of methoxy groups -OCH3 is 1. The van der Waals surface area contributed by atoms with Crippen LogP contribution in [-0.2, 0) is 22.6 Å². The van der Waals surface area contributed by atoms with Crippen LogP contribution in [0.1, 0.15) is 24.0 Å². The van der Waals surface area contributed by atoms with Crippen molar-refractivity contribution >= 4 is 11.9 Å². The van der Waals surface area contributed by atoms with Crippen LogP contribution in [0.5, 0.6) is 11.5 Å². The number of hydrogen-bond acceptors (Lipinski definition) is 4. The second kappa shape index (κ2) is 10.2. The molecule has 0 radical (unpaired) electrons. The lowest BCUT2D eigenvalue weighted by molar-refractivity contribution is -0.138. The molecule has 0 fully saturated rings. The molecule has 0 aliphatic rings. The van der Waals surface area contributed by atoms with Crippen LogP contribution in [0.3, 0.4) is 0 Å². The number of ether oxygens (including phenoxy) is 2. The van der Waals surface area contributed by atoms with Gasteiger partial charge in [0.15, 0.2) is 0 Å². The highest BCUT2D eigenvalue weighted by molar-refractivity contribution is 5.80. The first-order chi connectivity index (χ1) is 13.0. The third-order valence-corrected chi connectivity index (χ3v) is 3.86. The summed E-state index contributed by atoms with van der Waals surface area (Å²) in [6.07, 6.45) is 0.272. The first-order valence-electron chi connectivity index (χ1n) is 8.50. The molecule has 0 saturated heterocycles. The number of nitrogens with one attached hydrogen (secondary N) is 1. The van der Waals surface area contributed by atoms with Gasteiger partial charge in [-0.1, -0.05) is 18.2 Å². The number of rotatable bonds is 10. The quantitative estimate of drug-likeness (QED) is 0.667. The van der Waals surface area contributed by atoms with Crippen LogP contribution in [0.25, 0.3) is 0 Å². The van der Waals surface area contributed by atoms with Gasteiger partial charge in [0.05, 0.1) is 13.5 Å². The number of carbonyl (C=O) groups is 2. The molecule has 144 valence electrons. The van der Waals surface area contributed by atoms with Crippen LogP contribution in [-0.4, -0.2) is 30.6 Å². The Morgan fingerprint density at radius 1 is 1.11 bits per heavy atom. The summed E-state index contributed by atoms with van der Waals surface area (Å²) in [6.45, 7) is 0.628. The minimum absolute atomic E-state index is 0.0497. The Morgan fingerprint density at radius 3 is 2.52 bits per heavy atom. The normalized spacial score (nSPS) is 10.3. The van der Waals surface area contributed by atoms with Crippen molar-refractivity contribution in [2.24, 2.45) is 0 Å². The Kier molecular flexibility index (Phi) is 7.61. The van der Waals surface area contributed by atoms with Gasteiger partial charge in [-0.05, 0) is 35.7 Å². The van der Waals surface area contributed by atoms with Crippen LogP contribution < -0.4 is 14.8 Å². The summed E-state index contributed by atoms with van der Waals surface area (Å²) in [5, 5.41) is 11.3. The van der Waals surface area contributed by atoms with Gasteiger partial charge in [0.25, 0.3) is 0 Å². The smallest absolute Gasteiger partial charge is 0.303 e. The molecule has 27 heavy (non-hydrogen) atoms. The number of halogens is 1. The van der Waals surface area contributed by atoms with Crippen molar-refractivity contribution in [1.82, 2.24) is 5.32 Å². The number of carbonyl (C=O) groups excluding carboxylic acids is 1. The Bertz CT molecular complexity index is 776. The van der Waals surface area contributed by atoms with E-state index >= 15 is 0 Å². The van der Waals surface area contributed by atoms with Crippen LogP contribution in [0.15, 0.2) is 42.5 Å². The third kappa shape index (κ3) is 6.97. The van der Waals surface area contributed by atoms with Crippen LogP contribution in [0, 0.1) is 5.82 Å². The zero-order valence-electron chi connectivity index (χ0n) is 15.0. The SMILES string of the molecule is COc1ccc(CCNC(=O)CCC(=O)O)c(OCc2ccc(F)cc2)c1. The Labute approximate surface area is 156 Å². The van der Waals surface area contributed by atoms with Gasteiger partial charge in [-0.2, -0.15) is 0 Å². The van der Waals surface area contributed by atoms with E-state index in [-0.39, 0.29) is 31.2 Å². The fourth-order valence-electron chi connectivity index (χ4n) is 2.39. The van der Waals surface area contributed by atoms with E-state index in [4.69, 9.17) is 14.6 Å². The van der Waals surface area contributed by atoms with Crippen LogP contribution in [0.4, 0.5) is 4.39 Å². The average Bonchev–Trinajstić information content (AvgIpc) is 2.66. The van der Waals surface area contributed by atoms with E-state index in [1.807, 2.05) is 6.07 Å². The zero-order chi connectivity index (χ0) is 19.6. The van der Waals surface area contributed by atoms with Crippen molar-refractivity contribution in [3.63, 3.8) is 0 Å². The molecule has 2 aromatic carbocycles. The van der Waals surface area contributed by atoms with E-state index in [9.17, 15) is 14.0 Å². The van der Waals surface area contributed by atoms with Gasteiger partial charge in [-0.3, -0.25) is 9.59 Å². The molecule has 0 aliphatic heterocycles. The fourth-order valence-corrected chi connectivity index (χ4v) is 2.39. The predicted molar refractivity (Wildman–Crippen MR) is 97.3 cm³/mol. The summed E-state index contributed by atoms with van der Waals surface area (Å²) in [6, 6.07) is 11.4. The second-order valence-electron chi connectivity index (χ2n) is 5.88. The van der Waals surface area contributed by atoms with E-state index in [1.165, 1.54) is 12.1 Å². The molecule has 0 bridgehead atoms. The molecular formula is C20H22FNO5. The Hall–Kier alpha value is -3.09. The van der Waals surface area contributed by atoms with Crippen molar-refractivity contribution < 1.29 is 28.6 Å². The van der Waals surface area contributed by atoms with E-state index < -0.39 is 5.97 Å². The minimum Gasteiger partial charge on any atom is -0.497 e. The molecule has 2 aromatic rings. The monoisotopic (exact) mass is 375 g/mol. The maximum atomic E-state index is 13.0. The Morgan fingerprint density at radius 2 is 1.85 bits per heavy atom. The molecule has 0 spiro atoms. The molecule has 0 saturated carbocycles. The molecule has 0 unspecified atom stereocenters. The predicted octanol–water partition coefficient (Wildman–Crippen LogP) is 2.94. The second-order valence-corrected chi connectivity index (χ2v) is 5.88. The minimum atomic E-state index is -1.00. The third-order valence-electron chi connectivity index (χ3n) is 3.86. The maximum absolute atomic E-state index is 13.0. The summed E-state index contributed by atoms with van der Waals surface area (Å²) in [4.78, 5) is 22.1.